The number of amides is 2. The van der Waals surface area contributed by atoms with E-state index in [0.717, 1.165) is 18.4 Å². The number of rotatable bonds is 3. The van der Waals surface area contributed by atoms with Gasteiger partial charge in [0.2, 0.25) is 0 Å². The quantitative estimate of drug-likeness (QED) is 0.894. The Kier molecular flexibility index (Phi) is 5.07. The first-order chi connectivity index (χ1) is 11.5. The lowest BCUT2D eigenvalue weighted by Gasteiger charge is -2.31. The molecule has 0 aromatic heterocycles. The maximum atomic E-state index is 12.4. The minimum absolute atomic E-state index is 0.0399. The summed E-state index contributed by atoms with van der Waals surface area (Å²) in [5.74, 6) is -1.07. The van der Waals surface area contributed by atoms with Crippen molar-refractivity contribution in [2.45, 2.75) is 51.5 Å². The van der Waals surface area contributed by atoms with Gasteiger partial charge in [0.1, 0.15) is 0 Å². The van der Waals surface area contributed by atoms with Gasteiger partial charge in [-0.15, -0.1) is 0 Å². The molecule has 5 heteroatoms. The molecule has 0 bridgehead atoms. The van der Waals surface area contributed by atoms with Crippen LogP contribution < -0.4 is 5.32 Å². The fraction of sp³-hybridized carbons (Fsp3) is 0.579. The van der Waals surface area contributed by atoms with Gasteiger partial charge < -0.3 is 15.3 Å². The number of nitrogens with one attached hydrogen (secondary N) is 1. The SMILES string of the molecule is C[C@H](NC(=O)N1CCC(C(=O)O)CC1)c1ccc2c(c1)CCCC2. The summed E-state index contributed by atoms with van der Waals surface area (Å²) in [6.45, 7) is 3.03. The van der Waals surface area contributed by atoms with Gasteiger partial charge in [-0.25, -0.2) is 4.79 Å². The lowest BCUT2D eigenvalue weighted by atomic mass is 9.89. The van der Waals surface area contributed by atoms with Crippen LogP contribution in [-0.2, 0) is 17.6 Å². The Balaban J connectivity index is 1.57. The molecule has 1 heterocycles. The molecule has 1 aliphatic heterocycles. The molecular formula is C19H26N2O3. The predicted octanol–water partition coefficient (Wildman–Crippen LogP) is 3.13. The lowest BCUT2D eigenvalue weighted by molar-refractivity contribution is -0.143. The van der Waals surface area contributed by atoms with E-state index in [1.54, 1.807) is 4.90 Å². The van der Waals surface area contributed by atoms with Crippen LogP contribution in [0.2, 0.25) is 0 Å². The maximum Gasteiger partial charge on any atom is 0.317 e. The fourth-order valence-corrected chi connectivity index (χ4v) is 3.71. The number of fused-ring (bicyclic) bond motifs is 1. The number of piperidine rings is 1. The van der Waals surface area contributed by atoms with Crippen molar-refractivity contribution in [3.63, 3.8) is 0 Å². The Hall–Kier alpha value is -2.04. The molecule has 2 N–H and O–H groups in total. The monoisotopic (exact) mass is 330 g/mol. The van der Waals surface area contributed by atoms with E-state index in [1.165, 1.54) is 24.0 Å². The van der Waals surface area contributed by atoms with Gasteiger partial charge in [-0.05, 0) is 62.1 Å². The van der Waals surface area contributed by atoms with Crippen LogP contribution >= 0.6 is 0 Å². The number of hydrogen-bond donors (Lipinski definition) is 2. The van der Waals surface area contributed by atoms with Gasteiger partial charge in [-0.1, -0.05) is 18.2 Å². The van der Waals surface area contributed by atoms with Crippen LogP contribution in [0.25, 0.3) is 0 Å². The molecule has 1 atom stereocenters. The first kappa shape index (κ1) is 16.8. The number of carboxylic acid groups (broad SMARTS) is 1. The van der Waals surface area contributed by atoms with Crippen LogP contribution in [0, 0.1) is 5.92 Å². The van der Waals surface area contributed by atoms with Crippen LogP contribution in [0.5, 0.6) is 0 Å². The zero-order valence-electron chi connectivity index (χ0n) is 14.3. The molecule has 3 rings (SSSR count). The maximum absolute atomic E-state index is 12.4. The summed E-state index contributed by atoms with van der Waals surface area (Å²) in [5, 5.41) is 12.1. The van der Waals surface area contributed by atoms with Crippen LogP contribution in [0.1, 0.15) is 55.3 Å². The van der Waals surface area contributed by atoms with Gasteiger partial charge in [-0.3, -0.25) is 4.79 Å². The molecule has 2 amide bonds. The fourth-order valence-electron chi connectivity index (χ4n) is 3.71. The van der Waals surface area contributed by atoms with E-state index in [4.69, 9.17) is 5.11 Å². The highest BCUT2D eigenvalue weighted by atomic mass is 16.4. The molecule has 0 spiro atoms. The van der Waals surface area contributed by atoms with Gasteiger partial charge in [0.05, 0.1) is 12.0 Å². The molecule has 1 fully saturated rings. The number of carboxylic acids is 1. The second-order valence-corrected chi connectivity index (χ2v) is 7.01. The van der Waals surface area contributed by atoms with Gasteiger partial charge in [0, 0.05) is 13.1 Å². The van der Waals surface area contributed by atoms with Crippen molar-refractivity contribution in [2.24, 2.45) is 5.92 Å². The van der Waals surface area contributed by atoms with Gasteiger partial charge in [-0.2, -0.15) is 0 Å². The highest BCUT2D eigenvalue weighted by molar-refractivity contribution is 5.75. The van der Waals surface area contributed by atoms with Crippen LogP contribution in [0.15, 0.2) is 18.2 Å². The van der Waals surface area contributed by atoms with Crippen molar-refractivity contribution in [1.82, 2.24) is 10.2 Å². The molecule has 0 radical (unpaired) electrons. The third-order valence-electron chi connectivity index (χ3n) is 5.34. The number of likely N-dealkylation sites (tertiary alicyclic amines) is 1. The van der Waals surface area contributed by atoms with Gasteiger partial charge >= 0.3 is 12.0 Å². The zero-order chi connectivity index (χ0) is 17.1. The van der Waals surface area contributed by atoms with Crippen molar-refractivity contribution in [3.8, 4) is 0 Å². The molecule has 0 unspecified atom stereocenters. The smallest absolute Gasteiger partial charge is 0.317 e. The molecule has 1 aromatic rings. The van der Waals surface area contributed by atoms with Crippen LogP contribution in [-0.4, -0.2) is 35.1 Å². The van der Waals surface area contributed by atoms with Gasteiger partial charge in [0.15, 0.2) is 0 Å². The summed E-state index contributed by atoms with van der Waals surface area (Å²) in [7, 11) is 0. The second-order valence-electron chi connectivity index (χ2n) is 7.01. The second kappa shape index (κ2) is 7.24. The first-order valence-corrected chi connectivity index (χ1v) is 8.94. The van der Waals surface area contributed by atoms with E-state index < -0.39 is 5.97 Å². The Morgan fingerprint density at radius 3 is 2.50 bits per heavy atom. The Bertz CT molecular complexity index is 621. The Morgan fingerprint density at radius 2 is 1.83 bits per heavy atom. The number of aliphatic carboxylic acids is 1. The number of nitrogens with zero attached hydrogens (tertiary/aromatic N) is 1. The average molecular weight is 330 g/mol. The van der Waals surface area contributed by atoms with Gasteiger partial charge in [0.25, 0.3) is 0 Å². The topological polar surface area (TPSA) is 69.6 Å². The minimum Gasteiger partial charge on any atom is -0.481 e. The molecule has 130 valence electrons. The van der Waals surface area contributed by atoms with Crippen molar-refractivity contribution >= 4 is 12.0 Å². The summed E-state index contributed by atoms with van der Waals surface area (Å²) >= 11 is 0. The summed E-state index contributed by atoms with van der Waals surface area (Å²) < 4.78 is 0. The third kappa shape index (κ3) is 3.71. The summed E-state index contributed by atoms with van der Waals surface area (Å²) in [6, 6.07) is 6.41. The number of aryl methyl sites for hydroxylation is 2. The van der Waals surface area contributed by atoms with Crippen molar-refractivity contribution in [1.29, 1.82) is 0 Å². The highest BCUT2D eigenvalue weighted by Gasteiger charge is 2.27. The average Bonchev–Trinajstić information content (AvgIpc) is 2.61. The van der Waals surface area contributed by atoms with E-state index in [2.05, 4.69) is 23.5 Å². The standard InChI is InChI=1S/C19H26N2O3/c1-13(16-7-6-14-4-2-3-5-17(14)12-16)20-19(24)21-10-8-15(9-11-21)18(22)23/h6-7,12-13,15H,2-5,8-11H2,1H3,(H,20,24)(H,22,23)/t13-/m0/s1. The van der Waals surface area contributed by atoms with E-state index in [9.17, 15) is 9.59 Å². The van der Waals surface area contributed by atoms with E-state index >= 15 is 0 Å². The zero-order valence-corrected chi connectivity index (χ0v) is 14.3. The first-order valence-electron chi connectivity index (χ1n) is 8.94. The van der Waals surface area contributed by atoms with Crippen LogP contribution in [0.4, 0.5) is 4.79 Å². The lowest BCUT2D eigenvalue weighted by Crippen LogP contribution is -2.46. The number of carbonyl (C=O) groups is 2. The molecule has 1 aromatic carbocycles. The number of hydrogen-bond acceptors (Lipinski definition) is 2. The van der Waals surface area contributed by atoms with E-state index in [1.807, 2.05) is 6.92 Å². The van der Waals surface area contributed by atoms with E-state index in [-0.39, 0.29) is 18.0 Å². The minimum atomic E-state index is -0.752. The van der Waals surface area contributed by atoms with Crippen LogP contribution in [0.3, 0.4) is 0 Å². The molecular weight excluding hydrogens is 304 g/mol. The third-order valence-corrected chi connectivity index (χ3v) is 5.34. The Labute approximate surface area is 143 Å². The molecule has 2 aliphatic rings. The summed E-state index contributed by atoms with van der Waals surface area (Å²) in [6.07, 6.45) is 5.88. The number of benzene rings is 1. The van der Waals surface area contributed by atoms with E-state index in [0.29, 0.717) is 25.9 Å². The number of urea groups is 1. The normalized spacial score (nSPS) is 19.5. The summed E-state index contributed by atoms with van der Waals surface area (Å²) in [5.41, 5.74) is 4.01. The highest BCUT2D eigenvalue weighted by Crippen LogP contribution is 2.25. The van der Waals surface area contributed by atoms with Crippen molar-refractivity contribution < 1.29 is 14.7 Å². The Morgan fingerprint density at radius 1 is 1.17 bits per heavy atom. The molecule has 24 heavy (non-hydrogen) atoms. The molecule has 1 saturated heterocycles. The molecule has 0 saturated carbocycles. The molecule has 5 nitrogen and oxygen atoms in total. The summed E-state index contributed by atoms with van der Waals surface area (Å²) in [4.78, 5) is 25.1. The van der Waals surface area contributed by atoms with Crippen molar-refractivity contribution in [2.75, 3.05) is 13.1 Å². The van der Waals surface area contributed by atoms with Crippen molar-refractivity contribution in [3.05, 3.63) is 34.9 Å². The number of carbonyl (C=O) groups excluding carboxylic acids is 1. The predicted molar refractivity (Wildman–Crippen MR) is 92.0 cm³/mol. The molecule has 1 aliphatic carbocycles. The largest absolute Gasteiger partial charge is 0.481 e.